The van der Waals surface area contributed by atoms with E-state index in [1.54, 1.807) is 0 Å². The van der Waals surface area contributed by atoms with E-state index in [0.29, 0.717) is 12.8 Å². The number of hydrogen-bond acceptors (Lipinski definition) is 0. The van der Waals surface area contributed by atoms with Crippen LogP contribution >= 0.6 is 0 Å². The van der Waals surface area contributed by atoms with Crippen LogP contribution in [0.25, 0.3) is 0 Å². The SMILES string of the molecule is FC1(F)[C]CCCC1. The molecule has 0 saturated heterocycles. The molecule has 8 heavy (non-hydrogen) atoms. The van der Waals surface area contributed by atoms with Crippen LogP contribution in [0.15, 0.2) is 0 Å². The van der Waals surface area contributed by atoms with Crippen molar-refractivity contribution in [3.05, 3.63) is 6.42 Å². The van der Waals surface area contributed by atoms with Gasteiger partial charge in [-0.2, -0.15) is 0 Å². The standard InChI is InChI=1S/C6H8F2/c7-6(8)4-2-1-3-5-6/h1-4H2. The summed E-state index contributed by atoms with van der Waals surface area (Å²) in [7, 11) is 0. The Morgan fingerprint density at radius 3 is 2.25 bits per heavy atom. The largest absolute Gasteiger partial charge is 0.255 e. The molecule has 0 amide bonds. The first-order chi connectivity index (χ1) is 3.71. The molecule has 2 heteroatoms. The van der Waals surface area contributed by atoms with Crippen molar-refractivity contribution in [2.75, 3.05) is 0 Å². The summed E-state index contributed by atoms with van der Waals surface area (Å²) in [6.07, 6.45) is 4.13. The molecular formula is C6H8F2. The monoisotopic (exact) mass is 118 g/mol. The number of hydrogen-bond donors (Lipinski definition) is 0. The molecule has 0 aromatic carbocycles. The third kappa shape index (κ3) is 1.42. The van der Waals surface area contributed by atoms with Crippen molar-refractivity contribution in [1.82, 2.24) is 0 Å². The fourth-order valence-corrected chi connectivity index (χ4v) is 0.832. The number of rotatable bonds is 0. The molecule has 1 fully saturated rings. The minimum absolute atomic E-state index is 0.00694. The molecule has 2 radical (unpaired) electrons. The lowest BCUT2D eigenvalue weighted by Gasteiger charge is -2.19. The van der Waals surface area contributed by atoms with Crippen molar-refractivity contribution in [3.63, 3.8) is 0 Å². The van der Waals surface area contributed by atoms with Crippen LogP contribution in [0.1, 0.15) is 25.7 Å². The maximum atomic E-state index is 12.1. The maximum absolute atomic E-state index is 12.1. The predicted octanol–water partition coefficient (Wildman–Crippen LogP) is 2.28. The fraction of sp³-hybridized carbons (Fsp3) is 0.833. The molecule has 1 aliphatic rings. The first kappa shape index (κ1) is 5.99. The molecule has 1 aliphatic carbocycles. The van der Waals surface area contributed by atoms with Gasteiger partial charge in [0.1, 0.15) is 0 Å². The summed E-state index contributed by atoms with van der Waals surface area (Å²) in [6.45, 7) is 0. The zero-order valence-corrected chi connectivity index (χ0v) is 4.58. The lowest BCUT2D eigenvalue weighted by molar-refractivity contribution is 0.0106. The van der Waals surface area contributed by atoms with Gasteiger partial charge >= 0.3 is 0 Å². The van der Waals surface area contributed by atoms with E-state index in [9.17, 15) is 8.78 Å². The van der Waals surface area contributed by atoms with Crippen LogP contribution in [-0.4, -0.2) is 5.92 Å². The summed E-state index contributed by atoms with van der Waals surface area (Å²) in [5.41, 5.74) is 0. The van der Waals surface area contributed by atoms with Crippen molar-refractivity contribution in [1.29, 1.82) is 0 Å². The average Bonchev–Trinajstić information content (AvgIpc) is 1.65. The molecule has 0 aromatic rings. The van der Waals surface area contributed by atoms with Crippen LogP contribution in [0, 0.1) is 6.42 Å². The number of alkyl halides is 2. The van der Waals surface area contributed by atoms with Gasteiger partial charge in [0, 0.05) is 6.42 Å². The van der Waals surface area contributed by atoms with Crippen LogP contribution in [0.5, 0.6) is 0 Å². The Labute approximate surface area is 47.9 Å². The fourth-order valence-electron chi connectivity index (χ4n) is 0.832. The van der Waals surface area contributed by atoms with Crippen molar-refractivity contribution in [2.24, 2.45) is 0 Å². The van der Waals surface area contributed by atoms with Gasteiger partial charge in [0.15, 0.2) is 0 Å². The minimum Gasteiger partial charge on any atom is -0.206 e. The van der Waals surface area contributed by atoms with Gasteiger partial charge in [-0.05, 0) is 12.8 Å². The van der Waals surface area contributed by atoms with Crippen molar-refractivity contribution >= 4 is 0 Å². The lowest BCUT2D eigenvalue weighted by Crippen LogP contribution is -2.19. The molecule has 0 aromatic heterocycles. The highest BCUT2D eigenvalue weighted by atomic mass is 19.3. The zero-order chi connectivity index (χ0) is 6.04. The maximum Gasteiger partial charge on any atom is 0.255 e. The third-order valence-corrected chi connectivity index (χ3v) is 1.30. The Balaban J connectivity index is 2.33. The second kappa shape index (κ2) is 2.00. The van der Waals surface area contributed by atoms with E-state index in [-0.39, 0.29) is 6.42 Å². The molecule has 0 atom stereocenters. The molecule has 0 nitrogen and oxygen atoms in total. The van der Waals surface area contributed by atoms with E-state index < -0.39 is 5.92 Å². The molecule has 0 unspecified atom stereocenters. The van der Waals surface area contributed by atoms with Gasteiger partial charge in [0.05, 0.1) is 6.42 Å². The highest BCUT2D eigenvalue weighted by Crippen LogP contribution is 2.31. The quantitative estimate of drug-likeness (QED) is 0.457. The summed E-state index contributed by atoms with van der Waals surface area (Å²) >= 11 is 0. The molecule has 46 valence electrons. The predicted molar refractivity (Wildman–Crippen MR) is 26.7 cm³/mol. The van der Waals surface area contributed by atoms with Crippen molar-refractivity contribution < 1.29 is 8.78 Å². The Morgan fingerprint density at radius 2 is 2.00 bits per heavy atom. The third-order valence-electron chi connectivity index (χ3n) is 1.30. The minimum atomic E-state index is -2.57. The summed E-state index contributed by atoms with van der Waals surface area (Å²) in [4.78, 5) is 0. The molecule has 0 heterocycles. The van der Waals surface area contributed by atoms with Crippen molar-refractivity contribution in [2.45, 2.75) is 31.6 Å². The summed E-state index contributed by atoms with van der Waals surface area (Å²) in [5.74, 6) is -2.57. The smallest absolute Gasteiger partial charge is 0.206 e. The Morgan fingerprint density at radius 1 is 1.25 bits per heavy atom. The molecule has 1 rings (SSSR count). The van der Waals surface area contributed by atoms with Gasteiger partial charge in [-0.1, -0.05) is 6.42 Å². The van der Waals surface area contributed by atoms with Crippen LogP contribution in [-0.2, 0) is 0 Å². The van der Waals surface area contributed by atoms with Gasteiger partial charge in [0.25, 0.3) is 5.92 Å². The van der Waals surface area contributed by atoms with Crippen molar-refractivity contribution in [3.8, 4) is 0 Å². The molecule has 0 N–H and O–H groups in total. The second-order valence-corrected chi connectivity index (χ2v) is 2.09. The molecule has 0 bridgehead atoms. The Hall–Kier alpha value is -0.140. The highest BCUT2D eigenvalue weighted by Gasteiger charge is 2.31. The van der Waals surface area contributed by atoms with Gasteiger partial charge in [-0.15, -0.1) is 0 Å². The molecular weight excluding hydrogens is 110 g/mol. The van der Waals surface area contributed by atoms with E-state index in [1.807, 2.05) is 0 Å². The molecule has 1 saturated carbocycles. The van der Waals surface area contributed by atoms with E-state index >= 15 is 0 Å². The average molecular weight is 118 g/mol. The Kier molecular flexibility index (Phi) is 1.49. The summed E-state index contributed by atoms with van der Waals surface area (Å²) < 4.78 is 24.2. The van der Waals surface area contributed by atoms with Gasteiger partial charge in [-0.3, -0.25) is 0 Å². The normalized spacial score (nSPS) is 27.8. The van der Waals surface area contributed by atoms with Crippen LogP contribution in [0.3, 0.4) is 0 Å². The Bertz CT molecular complexity index is 70.6. The zero-order valence-electron chi connectivity index (χ0n) is 4.58. The summed E-state index contributed by atoms with van der Waals surface area (Å²) in [5, 5.41) is 0. The first-order valence-electron chi connectivity index (χ1n) is 2.84. The van der Waals surface area contributed by atoms with Crippen LogP contribution in [0.4, 0.5) is 8.78 Å². The van der Waals surface area contributed by atoms with Crippen LogP contribution < -0.4 is 0 Å². The summed E-state index contributed by atoms with van der Waals surface area (Å²) in [6, 6.07) is 0. The topological polar surface area (TPSA) is 0 Å². The van der Waals surface area contributed by atoms with Gasteiger partial charge in [0.2, 0.25) is 0 Å². The van der Waals surface area contributed by atoms with E-state index in [1.165, 1.54) is 0 Å². The van der Waals surface area contributed by atoms with Gasteiger partial charge in [-0.25, -0.2) is 8.78 Å². The van der Waals surface area contributed by atoms with E-state index in [4.69, 9.17) is 0 Å². The highest BCUT2D eigenvalue weighted by molar-refractivity contribution is 4.87. The number of halogens is 2. The van der Waals surface area contributed by atoms with Gasteiger partial charge < -0.3 is 0 Å². The first-order valence-corrected chi connectivity index (χ1v) is 2.84. The van der Waals surface area contributed by atoms with Crippen LogP contribution in [0.2, 0.25) is 0 Å². The van der Waals surface area contributed by atoms with E-state index in [2.05, 4.69) is 6.42 Å². The second-order valence-electron chi connectivity index (χ2n) is 2.09. The lowest BCUT2D eigenvalue weighted by atomic mass is 9.97. The molecule has 0 spiro atoms. The molecule has 0 aliphatic heterocycles. The van der Waals surface area contributed by atoms with E-state index in [0.717, 1.165) is 6.42 Å².